The highest BCUT2D eigenvalue weighted by Gasteiger charge is 2.46. The predicted octanol–water partition coefficient (Wildman–Crippen LogP) is 4.59. The molecule has 4 atom stereocenters. The minimum atomic E-state index is -4.51. The second-order valence-corrected chi connectivity index (χ2v) is 8.53. The highest BCUT2D eigenvalue weighted by atomic mass is 35.5. The molecule has 2 amide bonds. The Labute approximate surface area is 185 Å². The van der Waals surface area contributed by atoms with Crippen LogP contribution in [0.3, 0.4) is 0 Å². The minimum Gasteiger partial charge on any atom is -0.393 e. The average molecular weight is 471 g/mol. The maximum absolute atomic E-state index is 13.8. The number of halogens is 5. The molecule has 10 heteroatoms. The van der Waals surface area contributed by atoms with Crippen LogP contribution in [0, 0.1) is 17.7 Å². The van der Waals surface area contributed by atoms with Crippen molar-refractivity contribution in [3.05, 3.63) is 63.9 Å². The van der Waals surface area contributed by atoms with Gasteiger partial charge in [-0.15, -0.1) is 0 Å². The number of fused-ring (bicyclic) bond motifs is 1. The van der Waals surface area contributed by atoms with Gasteiger partial charge in [0.05, 0.1) is 18.1 Å². The van der Waals surface area contributed by atoms with E-state index in [4.69, 9.17) is 11.6 Å². The van der Waals surface area contributed by atoms with Crippen molar-refractivity contribution in [3.63, 3.8) is 0 Å². The Bertz CT molecular complexity index is 1080. The molecule has 0 unspecified atom stereocenters. The van der Waals surface area contributed by atoms with Crippen molar-refractivity contribution in [1.29, 1.82) is 0 Å². The largest absolute Gasteiger partial charge is 0.393 e. The van der Waals surface area contributed by atoms with Crippen LogP contribution in [0.4, 0.5) is 23.2 Å². The van der Waals surface area contributed by atoms with Crippen molar-refractivity contribution in [2.45, 2.75) is 37.6 Å². The molecule has 0 aromatic heterocycles. The van der Waals surface area contributed by atoms with Crippen molar-refractivity contribution in [2.24, 2.45) is 11.8 Å². The van der Waals surface area contributed by atoms with Gasteiger partial charge in [-0.2, -0.15) is 13.2 Å². The van der Waals surface area contributed by atoms with Crippen molar-refractivity contribution < 1.29 is 32.3 Å². The van der Waals surface area contributed by atoms with Crippen molar-refractivity contribution in [2.75, 3.05) is 5.32 Å². The Hall–Kier alpha value is -2.65. The molecule has 4 rings (SSSR count). The van der Waals surface area contributed by atoms with Crippen LogP contribution in [0.1, 0.15) is 46.8 Å². The van der Waals surface area contributed by atoms with Gasteiger partial charge in [-0.25, -0.2) is 4.39 Å². The number of carbonyl (C=O) groups excluding carboxylic acids is 2. The third-order valence-corrected chi connectivity index (χ3v) is 6.30. The van der Waals surface area contributed by atoms with E-state index in [9.17, 15) is 32.3 Å². The molecule has 3 N–H and O–H groups in total. The molecule has 2 aromatic rings. The molecule has 0 saturated heterocycles. The van der Waals surface area contributed by atoms with Gasteiger partial charge >= 0.3 is 6.18 Å². The van der Waals surface area contributed by atoms with Crippen LogP contribution in [-0.4, -0.2) is 29.2 Å². The lowest BCUT2D eigenvalue weighted by atomic mass is 9.79. The second kappa shape index (κ2) is 8.37. The quantitative estimate of drug-likeness (QED) is 0.574. The molecule has 0 bridgehead atoms. The van der Waals surface area contributed by atoms with Crippen LogP contribution >= 0.6 is 11.6 Å². The van der Waals surface area contributed by atoms with Gasteiger partial charge in [0.15, 0.2) is 0 Å². The van der Waals surface area contributed by atoms with Crippen LogP contribution in [0.2, 0.25) is 5.02 Å². The standard InChI is InChI=1S/C22H19ClF4N2O3/c23-16-5-4-12(24)9-15(16)19-18-14(21(32)29-19)2-1-3-17(18)28-20(31)10-6-11(22(25,26)27)8-13(30)7-10/h1-5,9-11,13,19,30H,6-8H2,(H,28,31)(H,29,32)/t10-,11+,13+,19+/m1/s1. The van der Waals surface area contributed by atoms with Crippen LogP contribution < -0.4 is 10.6 Å². The lowest BCUT2D eigenvalue weighted by molar-refractivity contribution is -0.194. The zero-order valence-corrected chi connectivity index (χ0v) is 17.3. The number of hydrogen-bond donors (Lipinski definition) is 3. The van der Waals surface area contributed by atoms with Gasteiger partial charge in [0.2, 0.25) is 5.91 Å². The third-order valence-electron chi connectivity index (χ3n) is 5.96. The molecular formula is C22H19ClF4N2O3. The van der Waals surface area contributed by atoms with Gasteiger partial charge in [0.25, 0.3) is 5.91 Å². The minimum absolute atomic E-state index is 0.0935. The summed E-state index contributed by atoms with van der Waals surface area (Å²) in [5, 5.41) is 15.4. The summed E-state index contributed by atoms with van der Waals surface area (Å²) < 4.78 is 53.4. The molecule has 1 heterocycles. The van der Waals surface area contributed by atoms with E-state index in [0.29, 0.717) is 5.56 Å². The fraction of sp³-hybridized carbons (Fsp3) is 0.364. The number of nitrogens with one attached hydrogen (secondary N) is 2. The van der Waals surface area contributed by atoms with E-state index in [2.05, 4.69) is 10.6 Å². The highest BCUT2D eigenvalue weighted by Crippen LogP contribution is 2.42. The second-order valence-electron chi connectivity index (χ2n) is 8.12. The van der Waals surface area contributed by atoms with Crippen LogP contribution in [-0.2, 0) is 4.79 Å². The maximum atomic E-state index is 13.8. The number of rotatable bonds is 3. The first-order chi connectivity index (χ1) is 15.0. The van der Waals surface area contributed by atoms with E-state index in [1.54, 1.807) is 0 Å². The monoisotopic (exact) mass is 470 g/mol. The van der Waals surface area contributed by atoms with Crippen LogP contribution in [0.5, 0.6) is 0 Å². The van der Waals surface area contributed by atoms with Gasteiger partial charge < -0.3 is 15.7 Å². The summed E-state index contributed by atoms with van der Waals surface area (Å²) in [6, 6.07) is 7.40. The third kappa shape index (κ3) is 4.31. The summed E-state index contributed by atoms with van der Waals surface area (Å²) in [7, 11) is 0. The summed E-state index contributed by atoms with van der Waals surface area (Å²) in [5.74, 6) is -4.53. The van der Waals surface area contributed by atoms with Crippen molar-refractivity contribution in [3.8, 4) is 0 Å². The molecule has 0 spiro atoms. The molecule has 170 valence electrons. The van der Waals surface area contributed by atoms with Gasteiger partial charge in [-0.05, 0) is 49.6 Å². The Morgan fingerprint density at radius 1 is 1.16 bits per heavy atom. The fourth-order valence-corrected chi connectivity index (χ4v) is 4.67. The van der Waals surface area contributed by atoms with Crippen LogP contribution in [0.15, 0.2) is 36.4 Å². The number of aliphatic hydroxyl groups is 1. The molecule has 1 fully saturated rings. The lowest BCUT2D eigenvalue weighted by Gasteiger charge is -2.33. The molecule has 1 aliphatic heterocycles. The highest BCUT2D eigenvalue weighted by molar-refractivity contribution is 6.31. The number of hydrogen-bond acceptors (Lipinski definition) is 3. The van der Waals surface area contributed by atoms with E-state index in [1.165, 1.54) is 36.4 Å². The Morgan fingerprint density at radius 2 is 1.91 bits per heavy atom. The number of benzene rings is 2. The predicted molar refractivity (Wildman–Crippen MR) is 109 cm³/mol. The molecule has 0 radical (unpaired) electrons. The summed E-state index contributed by atoms with van der Waals surface area (Å²) in [6.07, 6.45) is -6.72. The Kier molecular flexibility index (Phi) is 5.89. The maximum Gasteiger partial charge on any atom is 0.391 e. The first-order valence-corrected chi connectivity index (χ1v) is 10.4. The van der Waals surface area contributed by atoms with Gasteiger partial charge in [0.1, 0.15) is 5.82 Å². The summed E-state index contributed by atoms with van der Waals surface area (Å²) >= 11 is 6.21. The number of alkyl halides is 3. The number of carbonyl (C=O) groups is 2. The summed E-state index contributed by atoms with van der Waals surface area (Å²) in [5.41, 5.74) is 1.08. The van der Waals surface area contributed by atoms with Crippen LogP contribution in [0.25, 0.3) is 0 Å². The summed E-state index contributed by atoms with van der Waals surface area (Å²) in [6.45, 7) is 0. The van der Waals surface area contributed by atoms with Crippen molar-refractivity contribution in [1.82, 2.24) is 5.32 Å². The van der Waals surface area contributed by atoms with E-state index >= 15 is 0 Å². The SMILES string of the molecule is O=C1N[C@@H](c2cc(F)ccc2Cl)c2c(NC(=O)[C@H]3C[C@H](O)C[C@@H](C(F)(F)F)C3)cccc21. The number of aliphatic hydroxyl groups excluding tert-OH is 1. The molecular weight excluding hydrogens is 452 g/mol. The Balaban J connectivity index is 1.64. The van der Waals surface area contributed by atoms with Gasteiger partial charge in [-0.1, -0.05) is 17.7 Å². The molecule has 1 saturated carbocycles. The summed E-state index contributed by atoms with van der Waals surface area (Å²) in [4.78, 5) is 25.3. The Morgan fingerprint density at radius 3 is 2.62 bits per heavy atom. The average Bonchev–Trinajstić information content (AvgIpc) is 3.06. The zero-order chi connectivity index (χ0) is 23.2. The van der Waals surface area contributed by atoms with E-state index < -0.39 is 60.6 Å². The van der Waals surface area contributed by atoms with E-state index in [1.807, 2.05) is 0 Å². The number of anilines is 1. The molecule has 2 aromatic carbocycles. The van der Waals surface area contributed by atoms with Gasteiger partial charge in [-0.3, -0.25) is 9.59 Å². The molecule has 2 aliphatic rings. The molecule has 32 heavy (non-hydrogen) atoms. The normalized spacial score (nSPS) is 25.2. The fourth-order valence-electron chi connectivity index (χ4n) is 4.44. The van der Waals surface area contributed by atoms with Crippen molar-refractivity contribution >= 4 is 29.1 Å². The van der Waals surface area contributed by atoms with E-state index in [-0.39, 0.29) is 28.3 Å². The smallest absolute Gasteiger partial charge is 0.391 e. The lowest BCUT2D eigenvalue weighted by Crippen LogP contribution is -2.39. The zero-order valence-electron chi connectivity index (χ0n) is 16.5. The molecule has 1 aliphatic carbocycles. The van der Waals surface area contributed by atoms with Gasteiger partial charge in [0, 0.05) is 33.3 Å². The molecule has 5 nitrogen and oxygen atoms in total. The topological polar surface area (TPSA) is 78.4 Å². The first kappa shape index (κ1) is 22.5. The number of amides is 2. The first-order valence-electron chi connectivity index (χ1n) is 9.99. The van der Waals surface area contributed by atoms with E-state index in [0.717, 1.165) is 0 Å².